The number of likely N-dealkylation sites (tertiary alicyclic amines) is 1. The average Bonchev–Trinajstić information content (AvgIpc) is 3.06. The van der Waals surface area contributed by atoms with Crippen LogP contribution < -0.4 is 10.2 Å². The standard InChI is InChI=1S/C36H40Cl3N3O4/c37-29-11-9-28(23-30(29)38)35(44)42-19-15-25(16-20-42)8-4-7-24-13-17-41(18-14-24)33-12-10-27(22-31(33)39)34(43)40-32(36(45)46)21-26-5-2-1-3-6-26/h1-3,5-6,9-12,22-25,32H,4,7-8,13-21H2,(H,40,43)(H,45,46). The molecule has 2 fully saturated rings. The van der Waals surface area contributed by atoms with E-state index in [-0.39, 0.29) is 12.3 Å². The zero-order chi connectivity index (χ0) is 32.6. The van der Waals surface area contributed by atoms with Crippen LogP contribution in [0.1, 0.15) is 71.2 Å². The second kappa shape index (κ2) is 16.0. The molecule has 0 spiro atoms. The summed E-state index contributed by atoms with van der Waals surface area (Å²) in [5.41, 5.74) is 2.67. The van der Waals surface area contributed by atoms with Crippen molar-refractivity contribution in [1.29, 1.82) is 0 Å². The molecular weight excluding hydrogens is 645 g/mol. The predicted octanol–water partition coefficient (Wildman–Crippen LogP) is 8.01. The molecule has 244 valence electrons. The van der Waals surface area contributed by atoms with Crippen molar-refractivity contribution in [2.75, 3.05) is 31.1 Å². The van der Waals surface area contributed by atoms with E-state index in [1.54, 1.807) is 30.3 Å². The normalized spacial score (nSPS) is 16.7. The summed E-state index contributed by atoms with van der Waals surface area (Å²) in [5.74, 6) is -0.196. The molecule has 2 aliphatic heterocycles. The highest BCUT2D eigenvalue weighted by molar-refractivity contribution is 6.42. The van der Waals surface area contributed by atoms with Crippen molar-refractivity contribution in [2.24, 2.45) is 11.8 Å². The van der Waals surface area contributed by atoms with Gasteiger partial charge in [0.2, 0.25) is 0 Å². The number of carboxylic acids is 1. The molecule has 0 radical (unpaired) electrons. The van der Waals surface area contributed by atoms with Crippen LogP contribution in [-0.2, 0) is 11.2 Å². The SMILES string of the molecule is O=C(NC(Cc1ccccc1)C(=O)O)c1ccc(N2CCC(CCCC3CCN(C(=O)c4ccc(Cl)c(Cl)c4)CC3)CC2)c(Cl)c1. The highest BCUT2D eigenvalue weighted by atomic mass is 35.5. The van der Waals surface area contributed by atoms with E-state index in [9.17, 15) is 19.5 Å². The number of rotatable bonds is 11. The van der Waals surface area contributed by atoms with E-state index in [0.717, 1.165) is 63.1 Å². The quantitative estimate of drug-likeness (QED) is 0.214. The molecule has 10 heteroatoms. The fourth-order valence-corrected chi connectivity index (χ4v) is 7.19. The van der Waals surface area contributed by atoms with Gasteiger partial charge in [0.15, 0.2) is 0 Å². The summed E-state index contributed by atoms with van der Waals surface area (Å²) in [5, 5.41) is 13.6. The van der Waals surface area contributed by atoms with Gasteiger partial charge in [0.25, 0.3) is 11.8 Å². The summed E-state index contributed by atoms with van der Waals surface area (Å²) >= 11 is 18.7. The Balaban J connectivity index is 1.03. The van der Waals surface area contributed by atoms with Crippen LogP contribution in [0.4, 0.5) is 5.69 Å². The van der Waals surface area contributed by atoms with Crippen molar-refractivity contribution >= 4 is 58.3 Å². The van der Waals surface area contributed by atoms with Gasteiger partial charge >= 0.3 is 5.97 Å². The Labute approximate surface area is 285 Å². The van der Waals surface area contributed by atoms with Gasteiger partial charge in [-0.25, -0.2) is 4.79 Å². The third kappa shape index (κ3) is 8.96. The van der Waals surface area contributed by atoms with Crippen LogP contribution in [0.5, 0.6) is 0 Å². The lowest BCUT2D eigenvalue weighted by Gasteiger charge is -2.35. The summed E-state index contributed by atoms with van der Waals surface area (Å²) in [6.07, 6.45) is 8.04. The third-order valence-corrected chi connectivity index (χ3v) is 10.4. The average molecular weight is 685 g/mol. The van der Waals surface area contributed by atoms with Gasteiger partial charge in [0.1, 0.15) is 6.04 Å². The summed E-state index contributed by atoms with van der Waals surface area (Å²) in [4.78, 5) is 41.8. The molecule has 7 nitrogen and oxygen atoms in total. The van der Waals surface area contributed by atoms with Crippen LogP contribution >= 0.6 is 34.8 Å². The van der Waals surface area contributed by atoms with Gasteiger partial charge in [0.05, 0.1) is 20.8 Å². The number of piperidine rings is 2. The van der Waals surface area contributed by atoms with Crippen LogP contribution in [0.25, 0.3) is 0 Å². The summed E-state index contributed by atoms with van der Waals surface area (Å²) in [6.45, 7) is 3.36. The number of nitrogens with zero attached hydrogens (tertiary/aromatic N) is 2. The van der Waals surface area contributed by atoms with Gasteiger partial charge in [-0.05, 0) is 79.5 Å². The Morgan fingerprint density at radius 3 is 1.98 bits per heavy atom. The van der Waals surface area contributed by atoms with Gasteiger partial charge in [-0.15, -0.1) is 0 Å². The molecule has 46 heavy (non-hydrogen) atoms. The first-order valence-corrected chi connectivity index (χ1v) is 17.2. The van der Waals surface area contributed by atoms with E-state index < -0.39 is 17.9 Å². The molecule has 0 aromatic heterocycles. The minimum absolute atomic E-state index is 0.0208. The molecule has 2 N–H and O–H groups in total. The highest BCUT2D eigenvalue weighted by Crippen LogP contribution is 2.33. The number of amides is 2. The number of halogens is 3. The van der Waals surface area contributed by atoms with Crippen LogP contribution in [0, 0.1) is 11.8 Å². The first-order valence-electron chi connectivity index (χ1n) is 16.0. The van der Waals surface area contributed by atoms with Crippen LogP contribution in [0.2, 0.25) is 15.1 Å². The molecule has 0 bridgehead atoms. The van der Waals surface area contributed by atoms with Gasteiger partial charge in [-0.1, -0.05) is 84.4 Å². The number of carbonyl (C=O) groups excluding carboxylic acids is 2. The van der Waals surface area contributed by atoms with E-state index >= 15 is 0 Å². The van der Waals surface area contributed by atoms with E-state index in [2.05, 4.69) is 10.2 Å². The van der Waals surface area contributed by atoms with E-state index in [4.69, 9.17) is 34.8 Å². The number of hydrogen-bond acceptors (Lipinski definition) is 4. The number of benzene rings is 3. The minimum Gasteiger partial charge on any atom is -0.480 e. The van der Waals surface area contributed by atoms with Gasteiger partial charge in [-0.3, -0.25) is 9.59 Å². The first-order chi connectivity index (χ1) is 22.2. The molecule has 2 saturated heterocycles. The highest BCUT2D eigenvalue weighted by Gasteiger charge is 2.26. The molecule has 2 aliphatic rings. The molecular formula is C36H40Cl3N3O4. The van der Waals surface area contributed by atoms with Crippen LogP contribution in [0.15, 0.2) is 66.7 Å². The molecule has 0 aliphatic carbocycles. The van der Waals surface area contributed by atoms with Crippen molar-refractivity contribution in [3.8, 4) is 0 Å². The van der Waals surface area contributed by atoms with Crippen molar-refractivity contribution in [1.82, 2.24) is 10.2 Å². The fraction of sp³-hybridized carbons (Fsp3) is 0.417. The number of carboxylic acid groups (broad SMARTS) is 1. The molecule has 1 atom stereocenters. The monoisotopic (exact) mass is 683 g/mol. The topological polar surface area (TPSA) is 89.9 Å². The van der Waals surface area contributed by atoms with E-state index in [1.807, 2.05) is 41.3 Å². The summed E-state index contributed by atoms with van der Waals surface area (Å²) in [7, 11) is 0. The number of carbonyl (C=O) groups is 3. The van der Waals surface area contributed by atoms with Gasteiger partial charge < -0.3 is 20.2 Å². The largest absolute Gasteiger partial charge is 0.480 e. The first kappa shape index (κ1) is 34.1. The molecule has 2 heterocycles. The van der Waals surface area contributed by atoms with Crippen molar-refractivity contribution < 1.29 is 19.5 Å². The van der Waals surface area contributed by atoms with Gasteiger partial charge in [-0.2, -0.15) is 0 Å². The Hall–Kier alpha value is -3.26. The van der Waals surface area contributed by atoms with Crippen LogP contribution in [-0.4, -0.2) is 60.0 Å². The Morgan fingerprint density at radius 2 is 1.37 bits per heavy atom. The Kier molecular flexibility index (Phi) is 11.9. The maximum Gasteiger partial charge on any atom is 0.326 e. The number of nitrogens with one attached hydrogen (secondary N) is 1. The maximum atomic E-state index is 12.9. The lowest BCUT2D eigenvalue weighted by Crippen LogP contribution is -2.42. The molecule has 2 amide bonds. The second-order valence-electron chi connectivity index (χ2n) is 12.4. The zero-order valence-electron chi connectivity index (χ0n) is 25.8. The molecule has 5 rings (SSSR count). The molecule has 3 aromatic carbocycles. The van der Waals surface area contributed by atoms with E-state index in [1.165, 1.54) is 19.3 Å². The number of hydrogen-bond donors (Lipinski definition) is 2. The predicted molar refractivity (Wildman–Crippen MR) is 184 cm³/mol. The molecule has 1 unspecified atom stereocenters. The van der Waals surface area contributed by atoms with E-state index in [0.29, 0.717) is 38.0 Å². The third-order valence-electron chi connectivity index (χ3n) is 9.34. The minimum atomic E-state index is -1.08. The fourth-order valence-electron chi connectivity index (χ4n) is 6.59. The van der Waals surface area contributed by atoms with Crippen molar-refractivity contribution in [3.63, 3.8) is 0 Å². The summed E-state index contributed by atoms with van der Waals surface area (Å²) < 4.78 is 0. The lowest BCUT2D eigenvalue weighted by atomic mass is 9.86. The second-order valence-corrected chi connectivity index (χ2v) is 13.7. The van der Waals surface area contributed by atoms with Crippen molar-refractivity contribution in [2.45, 2.75) is 57.4 Å². The maximum absolute atomic E-state index is 12.9. The Morgan fingerprint density at radius 1 is 0.761 bits per heavy atom. The Bertz CT molecular complexity index is 1520. The lowest BCUT2D eigenvalue weighted by molar-refractivity contribution is -0.139. The van der Waals surface area contributed by atoms with Gasteiger partial charge in [0, 0.05) is 43.7 Å². The van der Waals surface area contributed by atoms with Crippen molar-refractivity contribution in [3.05, 3.63) is 98.5 Å². The number of aliphatic carboxylic acids is 1. The number of anilines is 1. The molecule has 0 saturated carbocycles. The summed E-state index contributed by atoms with van der Waals surface area (Å²) in [6, 6.07) is 18.5. The molecule has 3 aromatic rings. The van der Waals surface area contributed by atoms with Crippen LogP contribution in [0.3, 0.4) is 0 Å². The smallest absolute Gasteiger partial charge is 0.326 e. The zero-order valence-corrected chi connectivity index (χ0v) is 28.0.